The largest absolute Gasteiger partial charge is 0.475 e. The van der Waals surface area contributed by atoms with E-state index >= 15 is 0 Å². The summed E-state index contributed by atoms with van der Waals surface area (Å²) >= 11 is 7.39. The summed E-state index contributed by atoms with van der Waals surface area (Å²) in [5.74, 6) is 0.806. The number of hydrogen-bond donors (Lipinski definition) is 1. The highest BCUT2D eigenvalue weighted by atomic mass is 35.5. The van der Waals surface area contributed by atoms with E-state index in [-0.39, 0.29) is 17.4 Å². The minimum atomic E-state index is -3.52. The second kappa shape index (κ2) is 7.84. The predicted octanol–water partition coefficient (Wildman–Crippen LogP) is 2.86. The Labute approximate surface area is 169 Å². The third kappa shape index (κ3) is 3.85. The molecule has 0 bridgehead atoms. The lowest BCUT2D eigenvalue weighted by atomic mass is 10.2. The van der Waals surface area contributed by atoms with Crippen LogP contribution in [0.2, 0.25) is 5.02 Å². The minimum absolute atomic E-state index is 0.111. The maximum atomic E-state index is 12.1. The molecule has 0 saturated carbocycles. The molecule has 0 fully saturated rings. The fourth-order valence-corrected chi connectivity index (χ4v) is 4.75. The smallest absolute Gasteiger partial charge is 0.250 e. The molecule has 0 atom stereocenters. The van der Waals surface area contributed by atoms with Crippen LogP contribution in [0.1, 0.15) is 0 Å². The van der Waals surface area contributed by atoms with Gasteiger partial charge in [-0.3, -0.25) is 0 Å². The quantitative estimate of drug-likeness (QED) is 0.448. The van der Waals surface area contributed by atoms with E-state index in [0.717, 1.165) is 11.3 Å². The Hall–Kier alpha value is -2.53. The Morgan fingerprint density at radius 2 is 1.96 bits per heavy atom. The molecule has 3 heterocycles. The van der Waals surface area contributed by atoms with Gasteiger partial charge in [0.2, 0.25) is 15.9 Å². The molecular weight excluding hydrogens is 422 g/mol. The zero-order valence-electron chi connectivity index (χ0n) is 14.3. The first-order valence-corrected chi connectivity index (χ1v) is 10.9. The number of hydrogen-bond acceptors (Lipinski definition) is 7. The van der Waals surface area contributed by atoms with E-state index in [1.54, 1.807) is 35.7 Å². The summed E-state index contributed by atoms with van der Waals surface area (Å²) < 4.78 is 34.0. The second-order valence-corrected chi connectivity index (χ2v) is 8.97. The van der Waals surface area contributed by atoms with Gasteiger partial charge < -0.3 is 4.74 Å². The molecule has 28 heavy (non-hydrogen) atoms. The van der Waals surface area contributed by atoms with Crippen LogP contribution >= 0.6 is 22.9 Å². The summed E-state index contributed by atoms with van der Waals surface area (Å²) in [7, 11) is -3.52. The number of fused-ring (bicyclic) bond motifs is 1. The van der Waals surface area contributed by atoms with Crippen LogP contribution in [0, 0.1) is 0 Å². The van der Waals surface area contributed by atoms with Gasteiger partial charge in [-0.25, -0.2) is 13.1 Å². The average molecular weight is 436 g/mol. The fraction of sp³-hybridized carbons (Fsp3) is 0.118. The number of ether oxygens (including phenoxy) is 1. The first-order chi connectivity index (χ1) is 13.5. The number of nitrogens with zero attached hydrogens (tertiary/aromatic N) is 4. The van der Waals surface area contributed by atoms with E-state index in [2.05, 4.69) is 20.0 Å². The first kappa shape index (κ1) is 18.8. The highest BCUT2D eigenvalue weighted by Crippen LogP contribution is 2.26. The summed E-state index contributed by atoms with van der Waals surface area (Å²) in [6.45, 7) is 0.228. The van der Waals surface area contributed by atoms with E-state index in [1.807, 2.05) is 18.2 Å². The van der Waals surface area contributed by atoms with Crippen molar-refractivity contribution in [2.45, 2.75) is 4.21 Å². The molecule has 4 aromatic rings. The highest BCUT2D eigenvalue weighted by Gasteiger charge is 2.15. The highest BCUT2D eigenvalue weighted by molar-refractivity contribution is 7.91. The monoisotopic (exact) mass is 435 g/mol. The van der Waals surface area contributed by atoms with Crippen molar-refractivity contribution in [1.82, 2.24) is 24.5 Å². The van der Waals surface area contributed by atoms with Crippen LogP contribution in [-0.2, 0) is 10.0 Å². The molecule has 8 nitrogen and oxygen atoms in total. The molecule has 0 unspecified atom stereocenters. The number of rotatable bonds is 7. The van der Waals surface area contributed by atoms with Crippen molar-refractivity contribution in [1.29, 1.82) is 0 Å². The fourth-order valence-electron chi connectivity index (χ4n) is 2.48. The van der Waals surface area contributed by atoms with Gasteiger partial charge in [-0.1, -0.05) is 29.8 Å². The Morgan fingerprint density at radius 3 is 2.75 bits per heavy atom. The van der Waals surface area contributed by atoms with Crippen LogP contribution in [0.25, 0.3) is 17.0 Å². The van der Waals surface area contributed by atoms with Crippen molar-refractivity contribution in [3.05, 3.63) is 58.9 Å². The van der Waals surface area contributed by atoms with Crippen LogP contribution in [0.4, 0.5) is 0 Å². The summed E-state index contributed by atoms with van der Waals surface area (Å²) in [4.78, 5) is 0. The normalized spacial score (nSPS) is 11.8. The van der Waals surface area contributed by atoms with Gasteiger partial charge >= 0.3 is 0 Å². The lowest BCUT2D eigenvalue weighted by Gasteiger charge is -2.07. The van der Waals surface area contributed by atoms with Gasteiger partial charge in [0.05, 0.1) is 5.02 Å². The summed E-state index contributed by atoms with van der Waals surface area (Å²) in [6.07, 6.45) is 0. The van der Waals surface area contributed by atoms with E-state index in [0.29, 0.717) is 27.9 Å². The number of sulfonamides is 1. The second-order valence-electron chi connectivity index (χ2n) is 5.62. The average Bonchev–Trinajstić information content (AvgIpc) is 3.36. The molecule has 1 aromatic carbocycles. The maximum Gasteiger partial charge on any atom is 0.250 e. The zero-order chi connectivity index (χ0) is 19.6. The van der Waals surface area contributed by atoms with E-state index in [1.165, 1.54) is 4.52 Å². The van der Waals surface area contributed by atoms with Gasteiger partial charge in [-0.2, -0.15) is 4.52 Å². The molecule has 11 heteroatoms. The summed E-state index contributed by atoms with van der Waals surface area (Å²) in [5, 5.41) is 14.8. The molecule has 0 amide bonds. The zero-order valence-corrected chi connectivity index (χ0v) is 16.7. The molecule has 0 aliphatic rings. The Balaban J connectivity index is 1.47. The standard InChI is InChI=1S/C17H14ClN5O3S2/c18-13-5-2-1-4-12(13)17-21-20-14-7-8-15(22-23(14)17)26-10-9-19-28(24,25)16-6-3-11-27-16/h1-8,11,19H,9-10H2. The van der Waals surface area contributed by atoms with Gasteiger partial charge in [-0.05, 0) is 29.6 Å². The molecule has 4 rings (SSSR count). The Bertz CT molecular complexity index is 1210. The SMILES string of the molecule is O=S(=O)(NCCOc1ccc2nnc(-c3ccccc3Cl)n2n1)c1cccs1. The number of nitrogens with one attached hydrogen (secondary N) is 1. The third-order valence-corrected chi connectivity index (χ3v) is 6.95. The van der Waals surface area contributed by atoms with Gasteiger partial charge in [0, 0.05) is 18.2 Å². The van der Waals surface area contributed by atoms with Crippen molar-refractivity contribution >= 4 is 38.6 Å². The first-order valence-electron chi connectivity index (χ1n) is 8.18. The number of aromatic nitrogens is 4. The van der Waals surface area contributed by atoms with Crippen molar-refractivity contribution in [2.75, 3.05) is 13.2 Å². The molecule has 0 saturated heterocycles. The van der Waals surface area contributed by atoms with E-state index < -0.39 is 10.0 Å². The molecule has 0 radical (unpaired) electrons. The molecule has 3 aromatic heterocycles. The third-order valence-electron chi connectivity index (χ3n) is 3.76. The minimum Gasteiger partial charge on any atom is -0.475 e. The van der Waals surface area contributed by atoms with Crippen LogP contribution in [-0.4, -0.2) is 41.4 Å². The van der Waals surface area contributed by atoms with Crippen molar-refractivity contribution < 1.29 is 13.2 Å². The van der Waals surface area contributed by atoms with Crippen LogP contribution in [0.5, 0.6) is 5.88 Å². The predicted molar refractivity (Wildman–Crippen MR) is 106 cm³/mol. The van der Waals surface area contributed by atoms with E-state index in [9.17, 15) is 8.42 Å². The van der Waals surface area contributed by atoms with Crippen molar-refractivity contribution in [3.8, 4) is 17.3 Å². The lowest BCUT2D eigenvalue weighted by molar-refractivity contribution is 0.306. The van der Waals surface area contributed by atoms with Gasteiger partial charge in [0.25, 0.3) is 0 Å². The maximum absolute atomic E-state index is 12.1. The number of halogens is 1. The van der Waals surface area contributed by atoms with Gasteiger partial charge in [0.15, 0.2) is 11.5 Å². The molecule has 1 N–H and O–H groups in total. The molecular formula is C17H14ClN5O3S2. The number of thiophene rings is 1. The van der Waals surface area contributed by atoms with Crippen LogP contribution < -0.4 is 9.46 Å². The van der Waals surface area contributed by atoms with Gasteiger partial charge in [0.1, 0.15) is 10.8 Å². The topological polar surface area (TPSA) is 98.5 Å². The van der Waals surface area contributed by atoms with Crippen molar-refractivity contribution in [3.63, 3.8) is 0 Å². The van der Waals surface area contributed by atoms with Crippen molar-refractivity contribution in [2.24, 2.45) is 0 Å². The lowest BCUT2D eigenvalue weighted by Crippen LogP contribution is -2.27. The Kier molecular flexibility index (Phi) is 5.27. The summed E-state index contributed by atoms with van der Waals surface area (Å²) in [6, 6.07) is 13.9. The Morgan fingerprint density at radius 1 is 1.11 bits per heavy atom. The molecule has 0 spiro atoms. The number of benzene rings is 1. The van der Waals surface area contributed by atoms with E-state index in [4.69, 9.17) is 16.3 Å². The molecule has 0 aliphatic carbocycles. The molecule has 0 aliphatic heterocycles. The molecule has 144 valence electrons. The van der Waals surface area contributed by atoms with Gasteiger partial charge in [-0.15, -0.1) is 26.6 Å². The van der Waals surface area contributed by atoms with Crippen LogP contribution in [0.3, 0.4) is 0 Å². The summed E-state index contributed by atoms with van der Waals surface area (Å²) in [5.41, 5.74) is 1.24. The van der Waals surface area contributed by atoms with Crippen LogP contribution in [0.15, 0.2) is 58.1 Å².